The molecule has 1 atom stereocenters. The zero-order valence-corrected chi connectivity index (χ0v) is 17.9. The topological polar surface area (TPSA) is 102 Å². The zero-order chi connectivity index (χ0) is 21.5. The molecule has 2 N–H and O–H groups in total. The zero-order valence-electron chi connectivity index (χ0n) is 17.1. The summed E-state index contributed by atoms with van der Waals surface area (Å²) in [7, 11) is 1.83. The fourth-order valence-corrected chi connectivity index (χ4v) is 3.55. The van der Waals surface area contributed by atoms with E-state index in [1.54, 1.807) is 36.7 Å². The van der Waals surface area contributed by atoms with Gasteiger partial charge in [-0.05, 0) is 30.2 Å². The number of pyridine rings is 1. The van der Waals surface area contributed by atoms with Crippen molar-refractivity contribution in [2.45, 2.75) is 25.0 Å². The highest BCUT2D eigenvalue weighted by Gasteiger charge is 2.25. The first kappa shape index (κ1) is 21.5. The molecule has 0 radical (unpaired) electrons. The molecular weight excluding hydrogens is 400 g/mol. The molecule has 2 aromatic heterocycles. The van der Waals surface area contributed by atoms with Gasteiger partial charge in [-0.25, -0.2) is 0 Å². The molecule has 0 bridgehead atoms. The van der Waals surface area contributed by atoms with Crippen LogP contribution in [0.25, 0.3) is 0 Å². The van der Waals surface area contributed by atoms with Crippen LogP contribution in [0.4, 0.5) is 5.69 Å². The van der Waals surface area contributed by atoms with Crippen LogP contribution in [0.3, 0.4) is 0 Å². The largest absolute Gasteiger partial charge is 0.342 e. The van der Waals surface area contributed by atoms with Gasteiger partial charge >= 0.3 is 0 Å². The summed E-state index contributed by atoms with van der Waals surface area (Å²) >= 11 is 1.28. The monoisotopic (exact) mass is 424 g/mol. The third-order valence-electron chi connectivity index (χ3n) is 4.41. The standard InChI is InChI=1S/C21H24N6O2S/c1-14(2)18(24-20(29)15-8-5-4-6-9-15)19-25-26-21(27(19)3)30-13-17(28)23-16-10-7-11-22-12-16/h4-12,14,18H,13H2,1-3H3,(H,23,28)(H,24,29)/t18-/m0/s1. The van der Waals surface area contributed by atoms with Gasteiger partial charge in [-0.2, -0.15) is 0 Å². The first-order chi connectivity index (χ1) is 14.5. The summed E-state index contributed by atoms with van der Waals surface area (Å²) in [5.41, 5.74) is 1.23. The van der Waals surface area contributed by atoms with Gasteiger partial charge in [0.05, 0.1) is 23.7 Å². The molecule has 2 heterocycles. The molecule has 1 aromatic carbocycles. The number of hydrogen-bond acceptors (Lipinski definition) is 6. The van der Waals surface area contributed by atoms with Gasteiger partial charge in [-0.3, -0.25) is 14.6 Å². The Bertz CT molecular complexity index is 991. The lowest BCUT2D eigenvalue weighted by atomic mass is 10.0. The summed E-state index contributed by atoms with van der Waals surface area (Å²) in [6.45, 7) is 4.03. The number of carbonyl (C=O) groups excluding carboxylic acids is 2. The Labute approximate surface area is 179 Å². The lowest BCUT2D eigenvalue weighted by molar-refractivity contribution is -0.113. The molecule has 9 heteroatoms. The number of nitrogens with zero attached hydrogens (tertiary/aromatic N) is 4. The van der Waals surface area contributed by atoms with E-state index in [9.17, 15) is 9.59 Å². The summed E-state index contributed by atoms with van der Waals surface area (Å²) in [6, 6.07) is 12.3. The van der Waals surface area contributed by atoms with Gasteiger partial charge < -0.3 is 15.2 Å². The van der Waals surface area contributed by atoms with E-state index in [1.165, 1.54) is 11.8 Å². The average Bonchev–Trinajstić information content (AvgIpc) is 3.11. The van der Waals surface area contributed by atoms with Crippen LogP contribution in [0.5, 0.6) is 0 Å². The van der Waals surface area contributed by atoms with E-state index in [0.717, 1.165) is 0 Å². The summed E-state index contributed by atoms with van der Waals surface area (Å²) < 4.78 is 1.82. The molecule has 0 saturated carbocycles. The van der Waals surface area contributed by atoms with Crippen LogP contribution in [0.2, 0.25) is 0 Å². The summed E-state index contributed by atoms with van der Waals surface area (Å²) in [5, 5.41) is 14.9. The van der Waals surface area contributed by atoms with Gasteiger partial charge in [0.2, 0.25) is 5.91 Å². The molecule has 0 fully saturated rings. The number of thioether (sulfide) groups is 1. The highest BCUT2D eigenvalue weighted by atomic mass is 32.2. The van der Waals surface area contributed by atoms with E-state index in [4.69, 9.17) is 0 Å². The van der Waals surface area contributed by atoms with Crippen LogP contribution in [-0.4, -0.2) is 37.3 Å². The van der Waals surface area contributed by atoms with Crippen molar-refractivity contribution in [3.63, 3.8) is 0 Å². The summed E-state index contributed by atoms with van der Waals surface area (Å²) in [6.07, 6.45) is 3.23. The van der Waals surface area contributed by atoms with Crippen LogP contribution in [-0.2, 0) is 11.8 Å². The highest BCUT2D eigenvalue weighted by Crippen LogP contribution is 2.24. The number of carbonyl (C=O) groups is 2. The van der Waals surface area contributed by atoms with Gasteiger partial charge in [0.1, 0.15) is 0 Å². The van der Waals surface area contributed by atoms with Gasteiger partial charge in [0, 0.05) is 18.8 Å². The van der Waals surface area contributed by atoms with Gasteiger partial charge in [0.25, 0.3) is 5.91 Å². The molecule has 0 spiro atoms. The van der Waals surface area contributed by atoms with Crippen molar-refractivity contribution in [2.24, 2.45) is 13.0 Å². The van der Waals surface area contributed by atoms with E-state index in [1.807, 2.05) is 43.7 Å². The van der Waals surface area contributed by atoms with E-state index in [-0.39, 0.29) is 29.5 Å². The second-order valence-electron chi connectivity index (χ2n) is 7.04. The molecule has 0 aliphatic rings. The van der Waals surface area contributed by atoms with E-state index >= 15 is 0 Å². The predicted molar refractivity (Wildman–Crippen MR) is 116 cm³/mol. The number of anilines is 1. The Balaban J connectivity index is 1.66. The van der Waals surface area contributed by atoms with E-state index < -0.39 is 0 Å². The highest BCUT2D eigenvalue weighted by molar-refractivity contribution is 7.99. The lowest BCUT2D eigenvalue weighted by Gasteiger charge is -2.21. The van der Waals surface area contributed by atoms with Crippen LogP contribution in [0.15, 0.2) is 60.0 Å². The number of nitrogens with one attached hydrogen (secondary N) is 2. The van der Waals surface area contributed by atoms with Gasteiger partial charge in [-0.15, -0.1) is 10.2 Å². The Morgan fingerprint density at radius 1 is 1.10 bits per heavy atom. The molecule has 0 unspecified atom stereocenters. The number of aromatic nitrogens is 4. The molecule has 2 amide bonds. The Morgan fingerprint density at radius 2 is 1.87 bits per heavy atom. The first-order valence-electron chi connectivity index (χ1n) is 9.53. The van der Waals surface area contributed by atoms with Crippen molar-refractivity contribution in [3.8, 4) is 0 Å². The molecule has 8 nitrogen and oxygen atoms in total. The minimum atomic E-state index is -0.311. The summed E-state index contributed by atoms with van der Waals surface area (Å²) in [5.74, 6) is 0.610. The number of hydrogen-bond donors (Lipinski definition) is 2. The van der Waals surface area contributed by atoms with Crippen molar-refractivity contribution in [1.82, 2.24) is 25.1 Å². The summed E-state index contributed by atoms with van der Waals surface area (Å²) in [4.78, 5) is 28.8. The average molecular weight is 425 g/mol. The number of amides is 2. The second-order valence-corrected chi connectivity index (χ2v) is 7.98. The third-order valence-corrected chi connectivity index (χ3v) is 5.43. The molecule has 0 saturated heterocycles. The van der Waals surface area contributed by atoms with Crippen molar-refractivity contribution in [1.29, 1.82) is 0 Å². The van der Waals surface area contributed by atoms with Gasteiger partial charge in [-0.1, -0.05) is 43.8 Å². The van der Waals surface area contributed by atoms with E-state index in [0.29, 0.717) is 22.2 Å². The normalized spacial score (nSPS) is 11.9. The van der Waals surface area contributed by atoms with Crippen LogP contribution < -0.4 is 10.6 Å². The molecule has 0 aliphatic carbocycles. The smallest absolute Gasteiger partial charge is 0.251 e. The first-order valence-corrected chi connectivity index (χ1v) is 10.5. The maximum absolute atomic E-state index is 12.6. The van der Waals surface area contributed by atoms with Gasteiger partial charge in [0.15, 0.2) is 11.0 Å². The number of benzene rings is 1. The maximum Gasteiger partial charge on any atom is 0.251 e. The molecular formula is C21H24N6O2S. The maximum atomic E-state index is 12.6. The minimum Gasteiger partial charge on any atom is -0.342 e. The van der Waals surface area contributed by atoms with Crippen molar-refractivity contribution in [3.05, 3.63) is 66.2 Å². The SMILES string of the molecule is CC(C)[C@H](NC(=O)c1ccccc1)c1nnc(SCC(=O)Nc2cccnc2)n1C. The Kier molecular flexibility index (Phi) is 7.18. The van der Waals surface area contributed by atoms with Crippen LogP contribution in [0.1, 0.15) is 36.1 Å². The van der Waals surface area contributed by atoms with Crippen molar-refractivity contribution in [2.75, 3.05) is 11.1 Å². The van der Waals surface area contributed by atoms with Crippen LogP contribution in [0, 0.1) is 5.92 Å². The fraction of sp³-hybridized carbons (Fsp3) is 0.286. The lowest BCUT2D eigenvalue weighted by Crippen LogP contribution is -2.33. The molecule has 0 aliphatic heterocycles. The minimum absolute atomic E-state index is 0.104. The quantitative estimate of drug-likeness (QED) is 0.539. The molecule has 156 valence electrons. The third kappa shape index (κ3) is 5.44. The van der Waals surface area contributed by atoms with Crippen LogP contribution >= 0.6 is 11.8 Å². The fourth-order valence-electron chi connectivity index (χ4n) is 2.83. The van der Waals surface area contributed by atoms with Crippen molar-refractivity contribution >= 4 is 29.3 Å². The Hall–Kier alpha value is -3.20. The Morgan fingerprint density at radius 3 is 2.53 bits per heavy atom. The predicted octanol–water partition coefficient (Wildman–Crippen LogP) is 3.07. The van der Waals surface area contributed by atoms with Crippen molar-refractivity contribution < 1.29 is 9.59 Å². The van der Waals surface area contributed by atoms with E-state index in [2.05, 4.69) is 25.8 Å². The molecule has 3 aromatic rings. The second kappa shape index (κ2) is 10.0. The molecule has 30 heavy (non-hydrogen) atoms. The number of rotatable bonds is 8. The molecule has 3 rings (SSSR count).